The Morgan fingerprint density at radius 2 is 1.93 bits per heavy atom. The average molecular weight is 560 g/mol. The van der Waals surface area contributed by atoms with Gasteiger partial charge in [-0.1, -0.05) is 30.3 Å². The maximum Gasteiger partial charge on any atom is 0.236 e. The molecule has 0 spiro atoms. The minimum atomic E-state index is -3.91. The first-order chi connectivity index (χ1) is 19.4. The highest BCUT2D eigenvalue weighted by atomic mass is 32.2. The molecular formula is C28H26FN7O3S. The van der Waals surface area contributed by atoms with Gasteiger partial charge in [-0.25, -0.2) is 27.8 Å². The number of aromatic nitrogens is 3. The van der Waals surface area contributed by atoms with Gasteiger partial charge in [0.15, 0.2) is 11.6 Å². The average Bonchev–Trinajstić information content (AvgIpc) is 2.96. The molecule has 40 heavy (non-hydrogen) atoms. The molecule has 1 aliphatic heterocycles. The fourth-order valence-electron chi connectivity index (χ4n) is 4.33. The van der Waals surface area contributed by atoms with Gasteiger partial charge in [-0.05, 0) is 55.3 Å². The second-order valence-electron chi connectivity index (χ2n) is 9.17. The number of nitrogens with one attached hydrogen (secondary N) is 3. The number of benzene rings is 2. The highest BCUT2D eigenvalue weighted by molar-refractivity contribution is 7.91. The van der Waals surface area contributed by atoms with E-state index in [-0.39, 0.29) is 29.1 Å². The van der Waals surface area contributed by atoms with Crippen molar-refractivity contribution in [2.45, 2.75) is 24.6 Å². The summed E-state index contributed by atoms with van der Waals surface area (Å²) in [6, 6.07) is 18.1. The van der Waals surface area contributed by atoms with Crippen LogP contribution in [-0.4, -0.2) is 42.5 Å². The van der Waals surface area contributed by atoms with E-state index in [0.717, 1.165) is 25.9 Å². The summed E-state index contributed by atoms with van der Waals surface area (Å²) in [4.78, 5) is 13.1. The van der Waals surface area contributed by atoms with Crippen molar-refractivity contribution in [3.63, 3.8) is 0 Å². The summed E-state index contributed by atoms with van der Waals surface area (Å²) in [7, 11) is -3.91. The number of anilines is 2. The number of halogens is 1. The molecule has 4 aromatic rings. The number of pyridine rings is 1. The molecule has 1 unspecified atom stereocenters. The third-order valence-corrected chi connectivity index (χ3v) is 7.47. The fourth-order valence-corrected chi connectivity index (χ4v) is 5.54. The Balaban J connectivity index is 1.38. The SMILES string of the molecule is N#Cc1c(NS(=O)(=O)Cc2ccccc2)ccc(Oc2ncccc2-c2ccnc(NC3CCCNC3)n2)c1F. The van der Waals surface area contributed by atoms with E-state index in [0.29, 0.717) is 22.8 Å². The molecule has 12 heteroatoms. The smallest absolute Gasteiger partial charge is 0.236 e. The molecule has 3 N–H and O–H groups in total. The van der Waals surface area contributed by atoms with Crippen molar-refractivity contribution in [2.75, 3.05) is 23.1 Å². The van der Waals surface area contributed by atoms with Crippen LogP contribution in [0, 0.1) is 17.1 Å². The Morgan fingerprint density at radius 3 is 2.70 bits per heavy atom. The molecule has 0 amide bonds. The lowest BCUT2D eigenvalue weighted by atomic mass is 10.1. The first kappa shape index (κ1) is 27.0. The molecule has 0 radical (unpaired) electrons. The summed E-state index contributed by atoms with van der Waals surface area (Å²) < 4.78 is 48.9. The first-order valence-electron chi connectivity index (χ1n) is 12.6. The van der Waals surface area contributed by atoms with Crippen LogP contribution in [0.25, 0.3) is 11.3 Å². The van der Waals surface area contributed by atoms with E-state index in [1.165, 1.54) is 18.3 Å². The van der Waals surface area contributed by atoms with Crippen LogP contribution < -0.4 is 20.1 Å². The Labute approximate surface area is 231 Å². The summed E-state index contributed by atoms with van der Waals surface area (Å²) in [6.45, 7) is 1.80. The van der Waals surface area contributed by atoms with Gasteiger partial charge < -0.3 is 15.4 Å². The van der Waals surface area contributed by atoms with Crippen LogP contribution >= 0.6 is 0 Å². The van der Waals surface area contributed by atoms with E-state index in [4.69, 9.17) is 4.74 Å². The second-order valence-corrected chi connectivity index (χ2v) is 10.9. The van der Waals surface area contributed by atoms with Gasteiger partial charge in [0.1, 0.15) is 11.6 Å². The van der Waals surface area contributed by atoms with Crippen molar-refractivity contribution in [1.82, 2.24) is 20.3 Å². The van der Waals surface area contributed by atoms with Crippen LogP contribution in [0.5, 0.6) is 11.6 Å². The van der Waals surface area contributed by atoms with Gasteiger partial charge in [0.25, 0.3) is 0 Å². The first-order valence-corrected chi connectivity index (χ1v) is 14.3. The highest BCUT2D eigenvalue weighted by Gasteiger charge is 2.21. The number of ether oxygens (including phenoxy) is 1. The third-order valence-electron chi connectivity index (χ3n) is 6.22. The van der Waals surface area contributed by atoms with Crippen LogP contribution in [-0.2, 0) is 15.8 Å². The molecule has 3 heterocycles. The maximum absolute atomic E-state index is 15.4. The summed E-state index contributed by atoms with van der Waals surface area (Å²) in [6.07, 6.45) is 5.16. The Kier molecular flexibility index (Phi) is 8.14. The van der Waals surface area contributed by atoms with Crippen LogP contribution in [0.4, 0.5) is 16.0 Å². The largest absolute Gasteiger partial charge is 0.435 e. The molecule has 0 bridgehead atoms. The molecule has 1 atom stereocenters. The lowest BCUT2D eigenvalue weighted by Crippen LogP contribution is -2.38. The molecule has 1 fully saturated rings. The number of piperidine rings is 1. The molecule has 0 aliphatic carbocycles. The van der Waals surface area contributed by atoms with Gasteiger partial charge in [0.2, 0.25) is 21.9 Å². The molecule has 1 aliphatic rings. The topological polar surface area (TPSA) is 142 Å². The zero-order valence-corrected chi connectivity index (χ0v) is 22.2. The number of hydrogen-bond donors (Lipinski definition) is 3. The summed E-state index contributed by atoms with van der Waals surface area (Å²) in [5.41, 5.74) is 0.861. The summed E-state index contributed by atoms with van der Waals surface area (Å²) >= 11 is 0. The van der Waals surface area contributed by atoms with E-state index in [1.807, 2.05) is 0 Å². The van der Waals surface area contributed by atoms with E-state index >= 15 is 4.39 Å². The Morgan fingerprint density at radius 1 is 1.07 bits per heavy atom. The molecule has 2 aromatic heterocycles. The van der Waals surface area contributed by atoms with Gasteiger partial charge >= 0.3 is 0 Å². The van der Waals surface area contributed by atoms with Crippen molar-refractivity contribution >= 4 is 21.7 Å². The lowest BCUT2D eigenvalue weighted by molar-refractivity contribution is 0.428. The normalized spacial score (nSPS) is 15.2. The van der Waals surface area contributed by atoms with Gasteiger partial charge in [-0.3, -0.25) is 4.72 Å². The van der Waals surface area contributed by atoms with Crippen molar-refractivity contribution in [1.29, 1.82) is 5.26 Å². The molecule has 5 rings (SSSR count). The predicted molar refractivity (Wildman–Crippen MR) is 149 cm³/mol. The molecule has 1 saturated heterocycles. The van der Waals surface area contributed by atoms with Crippen molar-refractivity contribution in [3.8, 4) is 29.0 Å². The van der Waals surface area contributed by atoms with Crippen molar-refractivity contribution in [2.24, 2.45) is 0 Å². The zero-order valence-electron chi connectivity index (χ0n) is 21.3. The number of sulfonamides is 1. The Hall–Kier alpha value is -4.60. The third kappa shape index (κ3) is 6.51. The van der Waals surface area contributed by atoms with Crippen LogP contribution in [0.3, 0.4) is 0 Å². The fraction of sp³-hybridized carbons (Fsp3) is 0.214. The standard InChI is InChI=1S/C28H26FN7O3S/c29-26-22(16-30)24(36-40(37,38)18-19-6-2-1-3-7-19)10-11-25(26)39-27-21(9-5-14-32-27)23-12-15-33-28(35-23)34-20-8-4-13-31-17-20/h1-3,5-7,9-12,14-15,20,31,36H,4,8,13,17-18H2,(H,33,34,35). The number of hydrogen-bond acceptors (Lipinski definition) is 9. The lowest BCUT2D eigenvalue weighted by Gasteiger charge is -2.23. The Bertz CT molecular complexity index is 1640. The van der Waals surface area contributed by atoms with Gasteiger partial charge in [-0.2, -0.15) is 5.26 Å². The van der Waals surface area contributed by atoms with E-state index in [1.54, 1.807) is 60.8 Å². The van der Waals surface area contributed by atoms with Gasteiger partial charge in [0.05, 0.1) is 22.7 Å². The molecule has 2 aromatic carbocycles. The monoisotopic (exact) mass is 559 g/mol. The molecular weight excluding hydrogens is 533 g/mol. The van der Waals surface area contributed by atoms with E-state index in [9.17, 15) is 13.7 Å². The van der Waals surface area contributed by atoms with Crippen LogP contribution in [0.1, 0.15) is 24.0 Å². The summed E-state index contributed by atoms with van der Waals surface area (Å²) in [5, 5.41) is 16.3. The molecule has 0 saturated carbocycles. The minimum Gasteiger partial charge on any atom is -0.435 e. The van der Waals surface area contributed by atoms with Crippen LogP contribution in [0.2, 0.25) is 0 Å². The van der Waals surface area contributed by atoms with E-state index < -0.39 is 21.4 Å². The molecule has 204 valence electrons. The second kappa shape index (κ2) is 12.1. The number of rotatable bonds is 9. The van der Waals surface area contributed by atoms with Gasteiger partial charge in [-0.15, -0.1) is 0 Å². The zero-order chi connectivity index (χ0) is 28.0. The van der Waals surface area contributed by atoms with Crippen molar-refractivity contribution < 1.29 is 17.5 Å². The molecule has 10 nitrogen and oxygen atoms in total. The van der Waals surface area contributed by atoms with E-state index in [2.05, 4.69) is 30.3 Å². The van der Waals surface area contributed by atoms with Gasteiger partial charge in [0, 0.05) is 25.0 Å². The van der Waals surface area contributed by atoms with Crippen molar-refractivity contribution in [3.05, 3.63) is 90.0 Å². The predicted octanol–water partition coefficient (Wildman–Crippen LogP) is 4.45. The quantitative estimate of drug-likeness (QED) is 0.271. The maximum atomic E-state index is 15.4. The van der Waals surface area contributed by atoms with Crippen LogP contribution in [0.15, 0.2) is 73.1 Å². The number of nitriles is 1. The summed E-state index contributed by atoms with van der Waals surface area (Å²) in [5.74, 6) is -1.13. The number of nitrogens with zero attached hydrogens (tertiary/aromatic N) is 4. The minimum absolute atomic E-state index is 0.0617. The highest BCUT2D eigenvalue weighted by Crippen LogP contribution is 2.34.